The van der Waals surface area contributed by atoms with Crippen LogP contribution in [0.25, 0.3) is 0 Å². The van der Waals surface area contributed by atoms with Gasteiger partial charge in [0, 0.05) is 19.1 Å². The molecular formula is C16H25N3O. The van der Waals surface area contributed by atoms with Gasteiger partial charge in [-0.25, -0.2) is 10.9 Å². The van der Waals surface area contributed by atoms with Crippen LogP contribution in [0.4, 0.5) is 0 Å². The van der Waals surface area contributed by atoms with Gasteiger partial charge in [-0.15, -0.1) is 0 Å². The van der Waals surface area contributed by atoms with E-state index in [1.54, 1.807) is 0 Å². The second kappa shape index (κ2) is 7.41. The number of amides is 1. The number of carbonyl (C=O) groups excluding carboxylic acids is 1. The Morgan fingerprint density at radius 1 is 1.15 bits per heavy atom. The zero-order chi connectivity index (χ0) is 14.4. The summed E-state index contributed by atoms with van der Waals surface area (Å²) >= 11 is 0. The second-order valence-corrected chi connectivity index (χ2v) is 5.37. The molecule has 0 bridgehead atoms. The summed E-state index contributed by atoms with van der Waals surface area (Å²) in [6.45, 7) is 5.92. The molecule has 1 fully saturated rings. The number of hydrogen-bond donors (Lipinski definition) is 2. The predicted octanol–water partition coefficient (Wildman–Crippen LogP) is 2.24. The smallest absolute Gasteiger partial charge is 0.241 e. The van der Waals surface area contributed by atoms with Crippen LogP contribution >= 0.6 is 0 Å². The first kappa shape index (κ1) is 15.0. The van der Waals surface area contributed by atoms with Crippen LogP contribution in [0.1, 0.15) is 44.7 Å². The number of hydrazine groups is 1. The normalized spacial score (nSPS) is 21.9. The van der Waals surface area contributed by atoms with Gasteiger partial charge >= 0.3 is 0 Å². The summed E-state index contributed by atoms with van der Waals surface area (Å²) in [5.74, 6) is 0.222. The summed E-state index contributed by atoms with van der Waals surface area (Å²) in [4.78, 5) is 14.5. The van der Waals surface area contributed by atoms with Crippen molar-refractivity contribution in [2.24, 2.45) is 0 Å². The van der Waals surface area contributed by atoms with Crippen molar-refractivity contribution in [3.05, 3.63) is 35.9 Å². The Labute approximate surface area is 121 Å². The first-order valence-corrected chi connectivity index (χ1v) is 7.61. The van der Waals surface area contributed by atoms with E-state index in [4.69, 9.17) is 0 Å². The summed E-state index contributed by atoms with van der Waals surface area (Å²) in [5, 5.41) is 0. The van der Waals surface area contributed by atoms with Crippen molar-refractivity contribution in [3.63, 3.8) is 0 Å². The molecule has 2 rings (SSSR count). The lowest BCUT2D eigenvalue weighted by Gasteiger charge is -2.24. The highest BCUT2D eigenvalue weighted by molar-refractivity contribution is 5.82. The predicted molar refractivity (Wildman–Crippen MR) is 81.0 cm³/mol. The van der Waals surface area contributed by atoms with E-state index in [0.29, 0.717) is 0 Å². The molecule has 1 saturated heterocycles. The number of rotatable bonds is 6. The topological polar surface area (TPSA) is 44.4 Å². The van der Waals surface area contributed by atoms with E-state index in [0.717, 1.165) is 32.4 Å². The van der Waals surface area contributed by atoms with E-state index < -0.39 is 0 Å². The average molecular weight is 275 g/mol. The molecule has 1 aliphatic heterocycles. The van der Waals surface area contributed by atoms with E-state index in [-0.39, 0.29) is 18.0 Å². The maximum absolute atomic E-state index is 12.5. The lowest BCUT2D eigenvalue weighted by Crippen LogP contribution is -2.46. The van der Waals surface area contributed by atoms with Crippen LogP contribution in [-0.2, 0) is 4.79 Å². The molecule has 2 atom stereocenters. The van der Waals surface area contributed by atoms with E-state index in [1.165, 1.54) is 5.56 Å². The molecule has 1 amide bonds. The van der Waals surface area contributed by atoms with Gasteiger partial charge in [0.1, 0.15) is 6.04 Å². The molecule has 2 N–H and O–H groups in total. The molecule has 1 aromatic rings. The van der Waals surface area contributed by atoms with Crippen molar-refractivity contribution < 1.29 is 4.79 Å². The van der Waals surface area contributed by atoms with Crippen LogP contribution in [0.2, 0.25) is 0 Å². The molecule has 0 aliphatic carbocycles. The monoisotopic (exact) mass is 275 g/mol. The van der Waals surface area contributed by atoms with Crippen molar-refractivity contribution in [1.29, 1.82) is 0 Å². The maximum atomic E-state index is 12.5. The van der Waals surface area contributed by atoms with Gasteiger partial charge in [-0.1, -0.05) is 44.2 Å². The molecule has 1 aromatic carbocycles. The van der Waals surface area contributed by atoms with Gasteiger partial charge in [-0.2, -0.15) is 0 Å². The molecule has 2 unspecified atom stereocenters. The van der Waals surface area contributed by atoms with Gasteiger partial charge in [0.25, 0.3) is 0 Å². The standard InChI is InChI=1S/C16H25N3O/c1-3-10-19(11-4-2)16(20)15-12-14(17-18-15)13-8-6-5-7-9-13/h5-9,14-15,17-18H,3-4,10-12H2,1-2H3. The molecule has 4 nitrogen and oxygen atoms in total. The average Bonchev–Trinajstić information content (AvgIpc) is 2.97. The molecule has 0 radical (unpaired) electrons. The highest BCUT2D eigenvalue weighted by atomic mass is 16.2. The second-order valence-electron chi connectivity index (χ2n) is 5.37. The number of benzene rings is 1. The minimum atomic E-state index is -0.113. The van der Waals surface area contributed by atoms with E-state index in [2.05, 4.69) is 36.8 Å². The van der Waals surface area contributed by atoms with Crippen LogP contribution in [-0.4, -0.2) is 29.9 Å². The molecule has 4 heteroatoms. The Bertz CT molecular complexity index is 415. The van der Waals surface area contributed by atoms with Crippen molar-refractivity contribution in [2.45, 2.75) is 45.2 Å². The van der Waals surface area contributed by atoms with Crippen molar-refractivity contribution in [1.82, 2.24) is 15.8 Å². The maximum Gasteiger partial charge on any atom is 0.241 e. The Balaban J connectivity index is 1.96. The summed E-state index contributed by atoms with van der Waals surface area (Å²) in [7, 11) is 0. The minimum absolute atomic E-state index is 0.113. The fourth-order valence-electron chi connectivity index (χ4n) is 2.71. The molecular weight excluding hydrogens is 250 g/mol. The Morgan fingerprint density at radius 3 is 2.40 bits per heavy atom. The molecule has 20 heavy (non-hydrogen) atoms. The molecule has 1 aliphatic rings. The fourth-order valence-corrected chi connectivity index (χ4v) is 2.71. The van der Waals surface area contributed by atoms with Crippen LogP contribution in [0.3, 0.4) is 0 Å². The van der Waals surface area contributed by atoms with Gasteiger partial charge in [-0.05, 0) is 24.8 Å². The first-order valence-electron chi connectivity index (χ1n) is 7.61. The highest BCUT2D eigenvalue weighted by Crippen LogP contribution is 2.22. The van der Waals surface area contributed by atoms with Gasteiger partial charge < -0.3 is 4.90 Å². The minimum Gasteiger partial charge on any atom is -0.341 e. The molecule has 1 heterocycles. The van der Waals surface area contributed by atoms with Crippen LogP contribution < -0.4 is 10.9 Å². The third-order valence-electron chi connectivity index (χ3n) is 3.70. The van der Waals surface area contributed by atoms with Crippen LogP contribution in [0.15, 0.2) is 30.3 Å². The third kappa shape index (κ3) is 3.58. The summed E-state index contributed by atoms with van der Waals surface area (Å²) in [5.41, 5.74) is 7.64. The Morgan fingerprint density at radius 2 is 1.80 bits per heavy atom. The number of nitrogens with one attached hydrogen (secondary N) is 2. The number of nitrogens with zero attached hydrogens (tertiary/aromatic N) is 1. The molecule has 110 valence electrons. The lowest BCUT2D eigenvalue weighted by molar-refractivity contribution is -0.133. The zero-order valence-corrected chi connectivity index (χ0v) is 12.4. The van der Waals surface area contributed by atoms with E-state index in [9.17, 15) is 4.79 Å². The largest absolute Gasteiger partial charge is 0.341 e. The summed E-state index contributed by atoms with van der Waals surface area (Å²) < 4.78 is 0. The highest BCUT2D eigenvalue weighted by Gasteiger charge is 2.32. The number of hydrogen-bond acceptors (Lipinski definition) is 3. The number of carbonyl (C=O) groups is 1. The molecule has 0 saturated carbocycles. The van der Waals surface area contributed by atoms with Crippen molar-refractivity contribution >= 4 is 5.91 Å². The van der Waals surface area contributed by atoms with E-state index in [1.807, 2.05) is 23.1 Å². The quantitative estimate of drug-likeness (QED) is 0.837. The third-order valence-corrected chi connectivity index (χ3v) is 3.70. The van der Waals surface area contributed by atoms with Crippen molar-refractivity contribution in [3.8, 4) is 0 Å². The van der Waals surface area contributed by atoms with Crippen LogP contribution in [0, 0.1) is 0 Å². The van der Waals surface area contributed by atoms with E-state index >= 15 is 0 Å². The Kier molecular flexibility index (Phi) is 5.56. The Hall–Kier alpha value is -1.39. The summed E-state index contributed by atoms with van der Waals surface area (Å²) in [6, 6.07) is 10.4. The lowest BCUT2D eigenvalue weighted by atomic mass is 10.0. The molecule has 0 aromatic heterocycles. The van der Waals surface area contributed by atoms with Gasteiger partial charge in [-0.3, -0.25) is 4.79 Å². The van der Waals surface area contributed by atoms with Crippen molar-refractivity contribution in [2.75, 3.05) is 13.1 Å². The zero-order valence-electron chi connectivity index (χ0n) is 12.4. The van der Waals surface area contributed by atoms with Gasteiger partial charge in [0.05, 0.1) is 0 Å². The molecule has 0 spiro atoms. The SMILES string of the molecule is CCCN(CCC)C(=O)C1CC(c2ccccc2)NN1. The van der Waals surface area contributed by atoms with Gasteiger partial charge in [0.2, 0.25) is 5.91 Å². The summed E-state index contributed by atoms with van der Waals surface area (Å²) in [6.07, 6.45) is 2.83. The van der Waals surface area contributed by atoms with Crippen LogP contribution in [0.5, 0.6) is 0 Å². The first-order chi connectivity index (χ1) is 9.76. The van der Waals surface area contributed by atoms with Gasteiger partial charge in [0.15, 0.2) is 0 Å². The fraction of sp³-hybridized carbons (Fsp3) is 0.562.